The lowest BCUT2D eigenvalue weighted by Gasteiger charge is -2.19. The molecule has 0 spiro atoms. The summed E-state index contributed by atoms with van der Waals surface area (Å²) in [6.07, 6.45) is 4.05. The van der Waals surface area contributed by atoms with Gasteiger partial charge in [0.15, 0.2) is 0 Å². The second-order valence-corrected chi connectivity index (χ2v) is 6.40. The highest BCUT2D eigenvalue weighted by molar-refractivity contribution is 6.05. The molecule has 0 saturated carbocycles. The number of pyridine rings is 1. The van der Waals surface area contributed by atoms with E-state index in [9.17, 15) is 9.59 Å². The van der Waals surface area contributed by atoms with Crippen LogP contribution in [-0.4, -0.2) is 29.9 Å². The van der Waals surface area contributed by atoms with E-state index >= 15 is 0 Å². The summed E-state index contributed by atoms with van der Waals surface area (Å²) in [5, 5.41) is 2.86. The highest BCUT2D eigenvalue weighted by Gasteiger charge is 2.19. The molecule has 1 aromatic carbocycles. The van der Waals surface area contributed by atoms with Crippen molar-refractivity contribution in [2.45, 2.75) is 32.9 Å². The lowest BCUT2D eigenvalue weighted by Crippen LogP contribution is -2.44. The van der Waals surface area contributed by atoms with Gasteiger partial charge in [0.25, 0.3) is 5.91 Å². The summed E-state index contributed by atoms with van der Waals surface area (Å²) < 4.78 is 0. The van der Waals surface area contributed by atoms with Crippen molar-refractivity contribution in [3.63, 3.8) is 0 Å². The monoisotopic (exact) mass is 390 g/mol. The highest BCUT2D eigenvalue weighted by Crippen LogP contribution is 2.16. The number of nitrogens with two attached hydrogens (primary N) is 1. The fraction of sp³-hybridized carbons (Fsp3) is 0.350. The van der Waals surface area contributed by atoms with Crippen LogP contribution in [0.2, 0.25) is 0 Å². The number of halogens is 1. The Morgan fingerprint density at radius 2 is 1.74 bits per heavy atom. The fourth-order valence-electron chi connectivity index (χ4n) is 2.46. The van der Waals surface area contributed by atoms with Crippen molar-refractivity contribution < 1.29 is 9.59 Å². The zero-order chi connectivity index (χ0) is 19.1. The Labute approximate surface area is 166 Å². The third-order valence-electron chi connectivity index (χ3n) is 4.58. The van der Waals surface area contributed by atoms with Crippen molar-refractivity contribution >= 4 is 29.9 Å². The quantitative estimate of drug-likeness (QED) is 0.760. The van der Waals surface area contributed by atoms with Crippen LogP contribution in [0.3, 0.4) is 0 Å². The number of carbonyl (C=O) groups is 2. The number of hydrogen-bond acceptors (Lipinski definition) is 4. The number of amides is 2. The van der Waals surface area contributed by atoms with Gasteiger partial charge in [-0.1, -0.05) is 32.4 Å². The van der Waals surface area contributed by atoms with Crippen molar-refractivity contribution in [3.8, 4) is 0 Å². The molecule has 2 aromatic rings. The Morgan fingerprint density at radius 3 is 2.30 bits per heavy atom. The maximum Gasteiger partial charge on any atom is 0.258 e. The van der Waals surface area contributed by atoms with Gasteiger partial charge >= 0.3 is 0 Å². The Morgan fingerprint density at radius 1 is 1.15 bits per heavy atom. The van der Waals surface area contributed by atoms with Crippen LogP contribution in [0, 0.1) is 5.92 Å². The molecule has 0 aliphatic heterocycles. The second-order valence-electron chi connectivity index (χ2n) is 6.40. The smallest absolute Gasteiger partial charge is 0.258 e. The number of rotatable bonds is 7. The fourth-order valence-corrected chi connectivity index (χ4v) is 2.46. The van der Waals surface area contributed by atoms with Gasteiger partial charge in [0.1, 0.15) is 0 Å². The minimum atomic E-state index is -0.497. The maximum atomic E-state index is 12.4. The van der Waals surface area contributed by atoms with Gasteiger partial charge in [-0.05, 0) is 35.7 Å². The van der Waals surface area contributed by atoms with Gasteiger partial charge in [-0.15, -0.1) is 12.4 Å². The van der Waals surface area contributed by atoms with Crippen molar-refractivity contribution in [1.29, 1.82) is 0 Å². The number of anilines is 1. The lowest BCUT2D eigenvalue weighted by atomic mass is 9.99. The first kappa shape index (κ1) is 22.6. The van der Waals surface area contributed by atoms with E-state index in [1.54, 1.807) is 36.5 Å². The molecule has 1 heterocycles. The molecule has 2 atom stereocenters. The molecule has 7 heteroatoms. The van der Waals surface area contributed by atoms with E-state index in [1.165, 1.54) is 0 Å². The average molecular weight is 391 g/mol. The minimum absolute atomic E-state index is 0. The van der Waals surface area contributed by atoms with Crippen LogP contribution >= 0.6 is 12.4 Å². The van der Waals surface area contributed by atoms with Gasteiger partial charge < -0.3 is 16.0 Å². The number of nitrogens with one attached hydrogen (secondary N) is 1. The van der Waals surface area contributed by atoms with Crippen LogP contribution in [-0.2, 0) is 11.3 Å². The molecule has 0 bridgehead atoms. The Hall–Kier alpha value is -2.44. The first-order valence-corrected chi connectivity index (χ1v) is 8.74. The maximum absolute atomic E-state index is 12.4. The SMILES string of the molecule is CCC(C)C(N)C(=O)NCc1ccc(N(C)C(=O)c2ccncc2)cc1.Cl. The lowest BCUT2D eigenvalue weighted by molar-refractivity contribution is -0.123. The van der Waals surface area contributed by atoms with E-state index in [2.05, 4.69) is 10.3 Å². The van der Waals surface area contributed by atoms with Crippen LogP contribution in [0.4, 0.5) is 5.69 Å². The summed E-state index contributed by atoms with van der Waals surface area (Å²) in [4.78, 5) is 30.0. The molecule has 0 saturated heterocycles. The number of aromatic nitrogens is 1. The van der Waals surface area contributed by atoms with Crippen molar-refractivity contribution in [1.82, 2.24) is 10.3 Å². The zero-order valence-corrected chi connectivity index (χ0v) is 16.7. The first-order chi connectivity index (χ1) is 12.4. The molecule has 27 heavy (non-hydrogen) atoms. The van der Waals surface area contributed by atoms with Crippen LogP contribution in [0.1, 0.15) is 36.2 Å². The molecule has 2 amide bonds. The molecule has 6 nitrogen and oxygen atoms in total. The summed E-state index contributed by atoms with van der Waals surface area (Å²) in [5.41, 5.74) is 8.23. The van der Waals surface area contributed by atoms with Gasteiger partial charge in [-0.25, -0.2) is 0 Å². The van der Waals surface area contributed by atoms with Crippen molar-refractivity contribution in [2.24, 2.45) is 11.7 Å². The van der Waals surface area contributed by atoms with Crippen molar-refractivity contribution in [3.05, 3.63) is 59.9 Å². The zero-order valence-electron chi connectivity index (χ0n) is 15.9. The summed E-state index contributed by atoms with van der Waals surface area (Å²) in [5.74, 6) is -0.105. The molecule has 1 aromatic heterocycles. The van der Waals surface area contributed by atoms with Gasteiger partial charge in [-0.3, -0.25) is 14.6 Å². The number of carbonyl (C=O) groups excluding carboxylic acids is 2. The predicted octanol–water partition coefficient (Wildman–Crippen LogP) is 2.77. The average Bonchev–Trinajstić information content (AvgIpc) is 2.70. The largest absolute Gasteiger partial charge is 0.351 e. The molecule has 0 radical (unpaired) electrons. The van der Waals surface area contributed by atoms with E-state index < -0.39 is 6.04 Å². The summed E-state index contributed by atoms with van der Waals surface area (Å²) in [6.45, 7) is 4.39. The van der Waals surface area contributed by atoms with Crippen LogP contribution < -0.4 is 16.0 Å². The molecular formula is C20H27ClN4O2. The molecule has 0 fully saturated rings. The van der Waals surface area contributed by atoms with Crippen LogP contribution in [0.15, 0.2) is 48.8 Å². The van der Waals surface area contributed by atoms with Gasteiger partial charge in [0.05, 0.1) is 6.04 Å². The van der Waals surface area contributed by atoms with E-state index in [0.29, 0.717) is 12.1 Å². The van der Waals surface area contributed by atoms with Crippen LogP contribution in [0.5, 0.6) is 0 Å². The third kappa shape index (κ3) is 6.05. The first-order valence-electron chi connectivity index (χ1n) is 8.74. The third-order valence-corrected chi connectivity index (χ3v) is 4.58. The molecule has 146 valence electrons. The molecule has 2 unspecified atom stereocenters. The number of benzene rings is 1. The standard InChI is InChI=1S/C20H26N4O2.ClH/c1-4-14(2)18(21)19(25)23-13-15-5-7-17(8-6-15)24(3)20(26)16-9-11-22-12-10-16;/h5-12,14,18H,4,13,21H2,1-3H3,(H,23,25);1H. The molecule has 0 aliphatic rings. The molecule has 2 rings (SSSR count). The molecule has 3 N–H and O–H groups in total. The highest BCUT2D eigenvalue weighted by atomic mass is 35.5. The molecule has 0 aliphatic carbocycles. The van der Waals surface area contributed by atoms with E-state index in [4.69, 9.17) is 5.73 Å². The summed E-state index contributed by atoms with van der Waals surface area (Å²) >= 11 is 0. The normalized spacial score (nSPS) is 12.4. The second kappa shape index (κ2) is 10.6. The van der Waals surface area contributed by atoms with E-state index in [-0.39, 0.29) is 30.1 Å². The Bertz CT molecular complexity index is 737. The van der Waals surface area contributed by atoms with Gasteiger partial charge in [0.2, 0.25) is 5.91 Å². The van der Waals surface area contributed by atoms with Gasteiger partial charge in [-0.2, -0.15) is 0 Å². The Balaban J connectivity index is 0.00000364. The van der Waals surface area contributed by atoms with E-state index in [1.807, 2.05) is 38.1 Å². The molecular weight excluding hydrogens is 364 g/mol. The van der Waals surface area contributed by atoms with E-state index in [0.717, 1.165) is 17.7 Å². The number of hydrogen-bond donors (Lipinski definition) is 2. The number of nitrogens with zero attached hydrogens (tertiary/aromatic N) is 2. The summed E-state index contributed by atoms with van der Waals surface area (Å²) in [7, 11) is 1.73. The Kier molecular flexibility index (Phi) is 8.91. The van der Waals surface area contributed by atoms with Crippen molar-refractivity contribution in [2.75, 3.05) is 11.9 Å². The predicted molar refractivity (Wildman–Crippen MR) is 110 cm³/mol. The minimum Gasteiger partial charge on any atom is -0.351 e. The topological polar surface area (TPSA) is 88.3 Å². The van der Waals surface area contributed by atoms with Gasteiger partial charge in [0, 0.05) is 37.2 Å². The van der Waals surface area contributed by atoms with Crippen LogP contribution in [0.25, 0.3) is 0 Å². The summed E-state index contributed by atoms with van der Waals surface area (Å²) in [6, 6.07) is 10.4.